The lowest BCUT2D eigenvalue weighted by molar-refractivity contribution is -0.144. The predicted octanol–water partition coefficient (Wildman–Crippen LogP) is 3.78. The van der Waals surface area contributed by atoms with Gasteiger partial charge in [0.05, 0.1) is 23.0 Å². The first-order chi connectivity index (χ1) is 17.8. The molecule has 37 heavy (non-hydrogen) atoms. The molecule has 1 saturated heterocycles. The summed E-state index contributed by atoms with van der Waals surface area (Å²) in [6, 6.07) is 8.80. The van der Waals surface area contributed by atoms with Crippen molar-refractivity contribution in [3.63, 3.8) is 0 Å². The number of benzene rings is 1. The van der Waals surface area contributed by atoms with Gasteiger partial charge in [-0.25, -0.2) is 4.99 Å². The van der Waals surface area contributed by atoms with Crippen LogP contribution in [0.4, 0.5) is 0 Å². The fourth-order valence-electron chi connectivity index (χ4n) is 6.35. The van der Waals surface area contributed by atoms with E-state index in [4.69, 9.17) is 9.51 Å². The lowest BCUT2D eigenvalue weighted by atomic mass is 9.81. The maximum atomic E-state index is 11.7. The van der Waals surface area contributed by atoms with Gasteiger partial charge in [-0.2, -0.15) is 10.2 Å². The SMILES string of the molecule is CC(C)NC1=C(C#N)CC(c2nc(-c3cccc4c3CCC43CCN(CC4(C(=O)O)CC4)C3)no2)C=N1. The molecule has 192 valence electrons. The van der Waals surface area contributed by atoms with E-state index >= 15 is 0 Å². The number of nitriles is 1. The quantitative estimate of drug-likeness (QED) is 0.588. The largest absolute Gasteiger partial charge is 0.481 e. The summed E-state index contributed by atoms with van der Waals surface area (Å²) < 4.78 is 5.68. The molecule has 2 fully saturated rings. The van der Waals surface area contributed by atoms with Crippen molar-refractivity contribution in [3.05, 3.63) is 46.6 Å². The van der Waals surface area contributed by atoms with Gasteiger partial charge in [-0.1, -0.05) is 23.4 Å². The van der Waals surface area contributed by atoms with Crippen molar-refractivity contribution >= 4 is 12.2 Å². The summed E-state index contributed by atoms with van der Waals surface area (Å²) in [5.41, 5.74) is 3.74. The highest BCUT2D eigenvalue weighted by Gasteiger charge is 2.53. The van der Waals surface area contributed by atoms with E-state index in [-0.39, 0.29) is 17.4 Å². The zero-order valence-corrected chi connectivity index (χ0v) is 21.3. The molecule has 1 aromatic heterocycles. The van der Waals surface area contributed by atoms with E-state index in [0.29, 0.717) is 36.1 Å². The molecule has 6 rings (SSSR count). The molecule has 1 spiro atoms. The van der Waals surface area contributed by atoms with Crippen LogP contribution >= 0.6 is 0 Å². The summed E-state index contributed by atoms with van der Waals surface area (Å²) in [6.45, 7) is 6.53. The summed E-state index contributed by atoms with van der Waals surface area (Å²) in [7, 11) is 0. The number of hydrogen-bond donors (Lipinski definition) is 2. The third-order valence-corrected chi connectivity index (χ3v) is 8.52. The Labute approximate surface area is 216 Å². The van der Waals surface area contributed by atoms with Crippen molar-refractivity contribution < 1.29 is 14.4 Å². The lowest BCUT2D eigenvalue weighted by Gasteiger charge is -2.27. The minimum atomic E-state index is -0.650. The van der Waals surface area contributed by atoms with E-state index < -0.39 is 11.4 Å². The minimum absolute atomic E-state index is 0.0643. The molecule has 0 bridgehead atoms. The van der Waals surface area contributed by atoms with Gasteiger partial charge in [0.25, 0.3) is 0 Å². The molecule has 2 aliphatic heterocycles. The number of aliphatic carboxylic acids is 1. The zero-order chi connectivity index (χ0) is 25.8. The van der Waals surface area contributed by atoms with Crippen LogP contribution in [0.15, 0.2) is 39.1 Å². The van der Waals surface area contributed by atoms with Gasteiger partial charge in [0.15, 0.2) is 0 Å². The number of aliphatic imine (C=N–C) groups is 1. The van der Waals surface area contributed by atoms with Gasteiger partial charge in [-0.3, -0.25) is 4.79 Å². The second kappa shape index (κ2) is 8.80. The number of nitrogens with zero attached hydrogens (tertiary/aromatic N) is 5. The molecule has 3 heterocycles. The Morgan fingerprint density at radius 2 is 2.16 bits per heavy atom. The van der Waals surface area contributed by atoms with E-state index in [9.17, 15) is 15.2 Å². The van der Waals surface area contributed by atoms with Gasteiger partial charge >= 0.3 is 5.97 Å². The molecule has 9 heteroatoms. The minimum Gasteiger partial charge on any atom is -0.481 e. The Morgan fingerprint density at radius 3 is 2.89 bits per heavy atom. The highest BCUT2D eigenvalue weighted by atomic mass is 16.5. The first-order valence-corrected chi connectivity index (χ1v) is 13.2. The van der Waals surface area contributed by atoms with Crippen LogP contribution in [0.3, 0.4) is 0 Å². The van der Waals surface area contributed by atoms with E-state index in [0.717, 1.165) is 50.8 Å². The number of aromatic nitrogens is 2. The molecule has 2 aromatic rings. The zero-order valence-electron chi connectivity index (χ0n) is 21.3. The normalized spacial score (nSPS) is 26.1. The Kier molecular flexibility index (Phi) is 5.68. The van der Waals surface area contributed by atoms with Gasteiger partial charge in [0.2, 0.25) is 11.7 Å². The van der Waals surface area contributed by atoms with Crippen LogP contribution in [0, 0.1) is 16.7 Å². The van der Waals surface area contributed by atoms with E-state index in [1.54, 1.807) is 6.21 Å². The molecule has 0 amide bonds. The molecule has 2 unspecified atom stereocenters. The Morgan fingerprint density at radius 1 is 1.32 bits per heavy atom. The number of likely N-dealkylation sites (tertiary alicyclic amines) is 1. The maximum absolute atomic E-state index is 11.7. The van der Waals surface area contributed by atoms with Crippen LogP contribution < -0.4 is 5.32 Å². The molecule has 9 nitrogen and oxygen atoms in total. The summed E-state index contributed by atoms with van der Waals surface area (Å²) in [6.07, 6.45) is 6.89. The number of fused-ring (bicyclic) bond motifs is 2. The van der Waals surface area contributed by atoms with Gasteiger partial charge in [-0.05, 0) is 63.6 Å². The van der Waals surface area contributed by atoms with Gasteiger partial charge in [0, 0.05) is 42.7 Å². The molecule has 4 aliphatic rings. The molecule has 0 radical (unpaired) electrons. The number of carboxylic acids is 1. The van der Waals surface area contributed by atoms with Crippen LogP contribution in [0.25, 0.3) is 11.4 Å². The van der Waals surface area contributed by atoms with Gasteiger partial charge in [0.1, 0.15) is 5.82 Å². The summed E-state index contributed by atoms with van der Waals surface area (Å²) in [5, 5.41) is 26.8. The average molecular weight is 501 g/mol. The van der Waals surface area contributed by atoms with E-state index in [2.05, 4.69) is 44.6 Å². The van der Waals surface area contributed by atoms with E-state index in [1.807, 2.05) is 13.8 Å². The number of nitrogens with one attached hydrogen (secondary N) is 1. The Hall–Kier alpha value is -3.51. The summed E-state index contributed by atoms with van der Waals surface area (Å²) in [5.74, 6) is 0.771. The van der Waals surface area contributed by atoms with Gasteiger partial charge in [-0.15, -0.1) is 0 Å². The standard InChI is InChI=1S/C28H32N6O3/c1-17(2)31-23-18(13-29)12-19(14-30-23)25-32-24(33-37-25)21-4-3-5-22-20(21)6-7-27(22)10-11-34(15-27)16-28(8-9-28)26(35)36/h3-5,14,17,19,31H,6-12,15-16H2,1-2H3,(H,35,36). The maximum Gasteiger partial charge on any atom is 0.310 e. The highest BCUT2D eigenvalue weighted by Crippen LogP contribution is 2.51. The van der Waals surface area contributed by atoms with Crippen molar-refractivity contribution in [1.29, 1.82) is 5.26 Å². The topological polar surface area (TPSA) is 128 Å². The van der Waals surface area contributed by atoms with Crippen LogP contribution in [0.5, 0.6) is 0 Å². The molecule has 1 aromatic carbocycles. The second-order valence-electron chi connectivity index (χ2n) is 11.4. The molecular formula is C28H32N6O3. The van der Waals surface area contributed by atoms with Crippen molar-refractivity contribution in [1.82, 2.24) is 20.4 Å². The third kappa shape index (κ3) is 4.13. The average Bonchev–Trinajstić information content (AvgIpc) is 3.21. The number of rotatable bonds is 7. The molecular weight excluding hydrogens is 468 g/mol. The predicted molar refractivity (Wildman–Crippen MR) is 137 cm³/mol. The fourth-order valence-corrected chi connectivity index (χ4v) is 6.35. The van der Waals surface area contributed by atoms with Crippen LogP contribution in [-0.2, 0) is 16.6 Å². The molecule has 2 aliphatic carbocycles. The lowest BCUT2D eigenvalue weighted by Crippen LogP contribution is -2.35. The second-order valence-corrected chi connectivity index (χ2v) is 11.4. The first-order valence-electron chi connectivity index (χ1n) is 13.2. The number of hydrogen-bond acceptors (Lipinski definition) is 8. The number of allylic oxidation sites excluding steroid dienone is 1. The Balaban J connectivity index is 1.21. The Bertz CT molecular complexity index is 1350. The van der Waals surface area contributed by atoms with Gasteiger partial charge < -0.3 is 19.8 Å². The van der Waals surface area contributed by atoms with E-state index in [1.165, 1.54) is 11.1 Å². The van der Waals surface area contributed by atoms with Crippen LogP contribution in [0.2, 0.25) is 0 Å². The first kappa shape index (κ1) is 23.9. The van der Waals surface area contributed by atoms with Crippen molar-refractivity contribution in [2.75, 3.05) is 19.6 Å². The van der Waals surface area contributed by atoms with Crippen molar-refractivity contribution in [2.24, 2.45) is 10.4 Å². The molecule has 2 N–H and O–H groups in total. The van der Waals surface area contributed by atoms with Crippen LogP contribution in [-0.4, -0.2) is 58.0 Å². The smallest absolute Gasteiger partial charge is 0.310 e. The van der Waals surface area contributed by atoms with Crippen LogP contribution in [0.1, 0.15) is 68.9 Å². The number of carbonyl (C=O) groups is 1. The third-order valence-electron chi connectivity index (χ3n) is 8.52. The molecule has 2 atom stereocenters. The van der Waals surface area contributed by atoms with Crippen molar-refractivity contribution in [2.45, 2.75) is 69.7 Å². The fraction of sp³-hybridized carbons (Fsp3) is 0.536. The molecule has 1 saturated carbocycles. The van der Waals surface area contributed by atoms with Crippen molar-refractivity contribution in [3.8, 4) is 17.5 Å². The number of carboxylic acid groups (broad SMARTS) is 1. The summed E-state index contributed by atoms with van der Waals surface area (Å²) >= 11 is 0. The summed E-state index contributed by atoms with van der Waals surface area (Å²) in [4.78, 5) is 23.3. The monoisotopic (exact) mass is 500 g/mol. The highest BCUT2D eigenvalue weighted by molar-refractivity contribution is 5.78.